The first-order chi connectivity index (χ1) is 9.95. The van der Waals surface area contributed by atoms with Crippen LogP contribution in [0.4, 0.5) is 0 Å². The summed E-state index contributed by atoms with van der Waals surface area (Å²) in [6, 6.07) is 5.20. The van der Waals surface area contributed by atoms with E-state index in [4.69, 9.17) is 23.2 Å². The number of halogens is 2. The molecular weight excluding hydrogens is 331 g/mol. The normalized spacial score (nSPS) is 21.6. The quantitative estimate of drug-likeness (QED) is 0.909. The summed E-state index contributed by atoms with van der Waals surface area (Å²) in [4.78, 5) is 2.51. The van der Waals surface area contributed by atoms with E-state index in [1.165, 1.54) is 25.0 Å². The number of hydrogen-bond acceptors (Lipinski definition) is 3. The first-order valence-electron chi connectivity index (χ1n) is 7.17. The van der Waals surface area contributed by atoms with Crippen LogP contribution in [0.5, 0.6) is 0 Å². The molecule has 1 saturated heterocycles. The monoisotopic (exact) mass is 348 g/mol. The molecule has 3 rings (SSSR count). The summed E-state index contributed by atoms with van der Waals surface area (Å²) < 4.78 is 27.6. The Hall–Kier alpha value is -0.330. The van der Waals surface area contributed by atoms with Gasteiger partial charge in [0, 0.05) is 17.1 Å². The number of benzene rings is 1. The van der Waals surface area contributed by atoms with Gasteiger partial charge in [0.25, 0.3) is 0 Å². The van der Waals surface area contributed by atoms with Crippen molar-refractivity contribution < 1.29 is 8.42 Å². The number of nitrogens with one attached hydrogen (secondary N) is 1. The van der Waals surface area contributed by atoms with E-state index in [1.807, 2.05) is 0 Å². The van der Waals surface area contributed by atoms with Crippen LogP contribution in [0, 0.1) is 0 Å². The maximum absolute atomic E-state index is 12.4. The lowest BCUT2D eigenvalue weighted by molar-refractivity contribution is 0.199. The van der Waals surface area contributed by atoms with Gasteiger partial charge in [-0.2, -0.15) is 0 Å². The van der Waals surface area contributed by atoms with Crippen LogP contribution >= 0.6 is 23.2 Å². The lowest BCUT2D eigenvalue weighted by Crippen LogP contribution is -2.45. The second-order valence-corrected chi connectivity index (χ2v) is 8.26. The fraction of sp³-hybridized carbons (Fsp3) is 0.571. The van der Waals surface area contributed by atoms with Gasteiger partial charge < -0.3 is 4.90 Å². The highest BCUT2D eigenvalue weighted by Crippen LogP contribution is 2.30. The Labute approximate surface area is 135 Å². The molecule has 0 unspecified atom stereocenters. The third-order valence-electron chi connectivity index (χ3n) is 4.10. The number of piperidine rings is 1. The molecule has 21 heavy (non-hydrogen) atoms. The lowest BCUT2D eigenvalue weighted by Gasteiger charge is -2.32. The number of nitrogens with zero attached hydrogens (tertiary/aromatic N) is 1. The molecule has 2 fully saturated rings. The molecule has 0 atom stereocenters. The molecule has 1 N–H and O–H groups in total. The fourth-order valence-electron chi connectivity index (χ4n) is 2.79. The summed E-state index contributed by atoms with van der Waals surface area (Å²) in [5.41, 5.74) is 0. The number of hydrogen-bond donors (Lipinski definition) is 1. The predicted molar refractivity (Wildman–Crippen MR) is 84.4 cm³/mol. The summed E-state index contributed by atoms with van der Waals surface area (Å²) in [6.07, 6.45) is 4.25. The Morgan fingerprint density at radius 2 is 1.76 bits per heavy atom. The molecule has 0 amide bonds. The Morgan fingerprint density at radius 3 is 2.38 bits per heavy atom. The Balaban J connectivity index is 1.67. The summed E-state index contributed by atoms with van der Waals surface area (Å²) in [7, 11) is -3.62. The van der Waals surface area contributed by atoms with E-state index in [9.17, 15) is 8.42 Å². The molecule has 0 radical (unpaired) electrons. The van der Waals surface area contributed by atoms with Crippen molar-refractivity contribution in [1.82, 2.24) is 9.62 Å². The average molecular weight is 349 g/mol. The maximum atomic E-state index is 12.4. The summed E-state index contributed by atoms with van der Waals surface area (Å²) >= 11 is 11.9. The maximum Gasteiger partial charge on any atom is 0.242 e. The smallest absolute Gasteiger partial charge is 0.242 e. The Bertz CT molecular complexity index is 624. The fourth-order valence-corrected chi connectivity index (χ4v) is 4.86. The van der Waals surface area contributed by atoms with Crippen molar-refractivity contribution >= 4 is 33.2 Å². The molecule has 0 bridgehead atoms. The van der Waals surface area contributed by atoms with Crippen molar-refractivity contribution in [1.29, 1.82) is 0 Å². The van der Waals surface area contributed by atoms with Gasteiger partial charge in [-0.3, -0.25) is 0 Å². The van der Waals surface area contributed by atoms with Crippen molar-refractivity contribution in [2.75, 3.05) is 13.1 Å². The summed E-state index contributed by atoms with van der Waals surface area (Å²) in [5.74, 6) is 0. The SMILES string of the molecule is O=S(=O)(NC1CCN(C2CC2)CC1)c1cc(Cl)ccc1Cl. The third kappa shape index (κ3) is 3.71. The van der Waals surface area contributed by atoms with Gasteiger partial charge in [-0.25, -0.2) is 13.1 Å². The second-order valence-electron chi connectivity index (χ2n) is 5.74. The molecule has 0 aromatic heterocycles. The van der Waals surface area contributed by atoms with E-state index in [2.05, 4.69) is 9.62 Å². The number of sulfonamides is 1. The molecule has 1 aromatic rings. The zero-order valence-electron chi connectivity index (χ0n) is 11.6. The van der Waals surface area contributed by atoms with Gasteiger partial charge in [-0.05, 0) is 57.0 Å². The first kappa shape index (κ1) is 15.6. The van der Waals surface area contributed by atoms with Crippen LogP contribution in [0.2, 0.25) is 10.0 Å². The van der Waals surface area contributed by atoms with Gasteiger partial charge in [-0.15, -0.1) is 0 Å². The second kappa shape index (κ2) is 6.05. The first-order valence-corrected chi connectivity index (χ1v) is 9.41. The van der Waals surface area contributed by atoms with E-state index >= 15 is 0 Å². The molecule has 1 aliphatic carbocycles. The number of rotatable bonds is 4. The molecular formula is C14H18Cl2N2O2S. The van der Waals surface area contributed by atoms with Gasteiger partial charge >= 0.3 is 0 Å². The van der Waals surface area contributed by atoms with E-state index in [1.54, 1.807) is 6.07 Å². The van der Waals surface area contributed by atoms with Gasteiger partial charge in [0.2, 0.25) is 10.0 Å². The summed E-state index contributed by atoms with van der Waals surface area (Å²) in [5, 5.41) is 0.561. The molecule has 7 heteroatoms. The minimum absolute atomic E-state index is 0.0277. The zero-order valence-corrected chi connectivity index (χ0v) is 13.9. The third-order valence-corrected chi connectivity index (χ3v) is 6.33. The van der Waals surface area contributed by atoms with Crippen molar-refractivity contribution in [3.8, 4) is 0 Å². The van der Waals surface area contributed by atoms with Crippen molar-refractivity contribution in [3.63, 3.8) is 0 Å². The van der Waals surface area contributed by atoms with E-state index in [0.717, 1.165) is 32.0 Å². The number of likely N-dealkylation sites (tertiary alicyclic amines) is 1. The molecule has 0 spiro atoms. The predicted octanol–water partition coefficient (Wildman–Crippen LogP) is 2.90. The van der Waals surface area contributed by atoms with Gasteiger partial charge in [0.1, 0.15) is 4.90 Å². The van der Waals surface area contributed by atoms with Gasteiger partial charge in [0.05, 0.1) is 5.02 Å². The van der Waals surface area contributed by atoms with Crippen molar-refractivity contribution in [3.05, 3.63) is 28.2 Å². The molecule has 1 aromatic carbocycles. The topological polar surface area (TPSA) is 49.4 Å². The van der Waals surface area contributed by atoms with Crippen LogP contribution in [0.1, 0.15) is 25.7 Å². The van der Waals surface area contributed by atoms with E-state index in [0.29, 0.717) is 5.02 Å². The zero-order chi connectivity index (χ0) is 15.0. The average Bonchev–Trinajstić information content (AvgIpc) is 3.26. The molecule has 1 heterocycles. The van der Waals surface area contributed by atoms with Crippen LogP contribution in [0.15, 0.2) is 23.1 Å². The largest absolute Gasteiger partial charge is 0.300 e. The Kier molecular flexibility index (Phi) is 4.48. The highest BCUT2D eigenvalue weighted by molar-refractivity contribution is 7.89. The van der Waals surface area contributed by atoms with Crippen molar-refractivity contribution in [2.45, 2.75) is 42.7 Å². The Morgan fingerprint density at radius 1 is 1.10 bits per heavy atom. The van der Waals surface area contributed by atoms with Crippen molar-refractivity contribution in [2.24, 2.45) is 0 Å². The highest BCUT2D eigenvalue weighted by Gasteiger charge is 2.33. The minimum atomic E-state index is -3.62. The van der Waals surface area contributed by atoms with Gasteiger partial charge in [-0.1, -0.05) is 23.2 Å². The molecule has 2 aliphatic rings. The van der Waals surface area contributed by atoms with Crippen LogP contribution in [0.25, 0.3) is 0 Å². The molecule has 1 aliphatic heterocycles. The molecule has 1 saturated carbocycles. The molecule has 4 nitrogen and oxygen atoms in total. The lowest BCUT2D eigenvalue weighted by atomic mass is 10.1. The van der Waals surface area contributed by atoms with E-state index < -0.39 is 10.0 Å². The van der Waals surface area contributed by atoms with Gasteiger partial charge in [0.15, 0.2) is 0 Å². The van der Waals surface area contributed by atoms with Crippen LogP contribution < -0.4 is 4.72 Å². The molecule has 116 valence electrons. The highest BCUT2D eigenvalue weighted by atomic mass is 35.5. The minimum Gasteiger partial charge on any atom is -0.300 e. The standard InChI is InChI=1S/C14H18Cl2N2O2S/c15-10-1-4-13(16)14(9-10)21(19,20)17-11-5-7-18(8-6-11)12-2-3-12/h1,4,9,11-12,17H,2-3,5-8H2. The van der Waals surface area contributed by atoms with E-state index in [-0.39, 0.29) is 16.0 Å². The summed E-state index contributed by atoms with van der Waals surface area (Å²) in [6.45, 7) is 1.92. The van der Waals surface area contributed by atoms with Crippen LogP contribution in [-0.2, 0) is 10.0 Å². The van der Waals surface area contributed by atoms with Crippen LogP contribution in [-0.4, -0.2) is 38.5 Å². The van der Waals surface area contributed by atoms with Crippen LogP contribution in [0.3, 0.4) is 0 Å².